The minimum Gasteiger partial charge on any atom is -0.207 e. The Bertz CT molecular complexity index is 800. The summed E-state index contributed by atoms with van der Waals surface area (Å²) in [7, 11) is 0. The van der Waals surface area contributed by atoms with Crippen LogP contribution in [0.2, 0.25) is 0 Å². The van der Waals surface area contributed by atoms with Gasteiger partial charge in [0.25, 0.3) is 0 Å². The summed E-state index contributed by atoms with van der Waals surface area (Å²) in [6.45, 7) is 2.18. The van der Waals surface area contributed by atoms with Crippen LogP contribution < -0.4 is 0 Å². The molecule has 0 aliphatic heterocycles. The predicted octanol–water partition coefficient (Wildman–Crippen LogP) is 5.26. The van der Waals surface area contributed by atoms with Crippen LogP contribution in [0.5, 0.6) is 0 Å². The van der Waals surface area contributed by atoms with Crippen molar-refractivity contribution in [2.24, 2.45) is 0 Å². The molecule has 0 nitrogen and oxygen atoms in total. The molecule has 0 aliphatic carbocycles. The van der Waals surface area contributed by atoms with Crippen molar-refractivity contribution in [2.75, 3.05) is 6.26 Å². The average Bonchev–Trinajstić information content (AvgIpc) is 2.52. The van der Waals surface area contributed by atoms with Crippen molar-refractivity contribution in [3.05, 3.63) is 71.8 Å². The van der Waals surface area contributed by atoms with Crippen molar-refractivity contribution in [1.29, 1.82) is 0 Å². The molecule has 0 spiro atoms. The summed E-state index contributed by atoms with van der Waals surface area (Å²) in [4.78, 5) is 0. The smallest absolute Gasteiger partial charge is 0.00447 e. The maximum absolute atomic E-state index is 2.32. The SMILES string of the molecule is C/[SH]=C/Cc1cc(C)cc(-c2ccc3ccccc3c2)c1. The van der Waals surface area contributed by atoms with E-state index in [1.165, 1.54) is 44.4 Å². The van der Waals surface area contributed by atoms with Gasteiger partial charge in [0.15, 0.2) is 0 Å². The Balaban J connectivity index is 2.06. The molecule has 106 valence electrons. The maximum Gasteiger partial charge on any atom is -0.00447 e. The first-order chi connectivity index (χ1) is 10.3. The molecule has 0 bridgehead atoms. The Morgan fingerprint density at radius 3 is 2.48 bits per heavy atom. The first-order valence-electron chi connectivity index (χ1n) is 7.26. The van der Waals surface area contributed by atoms with Crippen LogP contribution in [0.3, 0.4) is 0 Å². The van der Waals surface area contributed by atoms with E-state index in [1.807, 2.05) is 0 Å². The van der Waals surface area contributed by atoms with Gasteiger partial charge in [0.05, 0.1) is 0 Å². The highest BCUT2D eigenvalue weighted by atomic mass is 32.1. The first kappa shape index (κ1) is 14.1. The predicted molar refractivity (Wildman–Crippen MR) is 98.8 cm³/mol. The van der Waals surface area contributed by atoms with Crippen molar-refractivity contribution in [2.45, 2.75) is 13.3 Å². The second-order valence-corrected chi connectivity index (χ2v) is 6.30. The normalized spacial score (nSPS) is 11.7. The molecule has 1 heteroatoms. The standard InChI is InChI=1S/C20H20S/c1-15-11-16(9-10-21-2)13-20(12-15)19-8-7-17-5-3-4-6-18(17)14-19/h3-8,10-14,21H,9H2,1-2H3. The summed E-state index contributed by atoms with van der Waals surface area (Å²) in [6.07, 6.45) is 3.21. The molecule has 3 aromatic rings. The molecule has 3 rings (SSSR count). The van der Waals surface area contributed by atoms with Crippen molar-refractivity contribution in [1.82, 2.24) is 0 Å². The number of thiol groups is 1. The van der Waals surface area contributed by atoms with Crippen LogP contribution in [0.1, 0.15) is 11.1 Å². The van der Waals surface area contributed by atoms with E-state index in [0.29, 0.717) is 0 Å². The highest BCUT2D eigenvalue weighted by Crippen LogP contribution is 2.26. The van der Waals surface area contributed by atoms with E-state index in [4.69, 9.17) is 0 Å². The second-order valence-electron chi connectivity index (χ2n) is 5.41. The number of hydrogen-bond acceptors (Lipinski definition) is 0. The summed E-state index contributed by atoms with van der Waals surface area (Å²) < 4.78 is 0. The summed E-state index contributed by atoms with van der Waals surface area (Å²) in [5.74, 6) is 0. The molecule has 0 radical (unpaired) electrons. The zero-order valence-corrected chi connectivity index (χ0v) is 13.4. The monoisotopic (exact) mass is 292 g/mol. The highest BCUT2D eigenvalue weighted by molar-refractivity contribution is 7.96. The Morgan fingerprint density at radius 2 is 1.67 bits per heavy atom. The van der Waals surface area contributed by atoms with Gasteiger partial charge in [-0.25, -0.2) is 11.4 Å². The molecular weight excluding hydrogens is 272 g/mol. The fraction of sp³-hybridized carbons (Fsp3) is 0.150. The van der Waals surface area contributed by atoms with Crippen molar-refractivity contribution in [3.63, 3.8) is 0 Å². The third-order valence-electron chi connectivity index (χ3n) is 3.73. The van der Waals surface area contributed by atoms with Gasteiger partial charge in [-0.3, -0.25) is 0 Å². The lowest BCUT2D eigenvalue weighted by molar-refractivity contribution is 1.33. The van der Waals surface area contributed by atoms with Crippen LogP contribution in [0.25, 0.3) is 21.9 Å². The summed E-state index contributed by atoms with van der Waals surface area (Å²) in [5, 5.41) is 4.91. The van der Waals surface area contributed by atoms with Gasteiger partial charge in [-0.1, -0.05) is 65.5 Å². The van der Waals surface area contributed by atoms with Crippen LogP contribution in [0.15, 0.2) is 60.7 Å². The number of fused-ring (bicyclic) bond motifs is 1. The van der Waals surface area contributed by atoms with E-state index < -0.39 is 0 Å². The van der Waals surface area contributed by atoms with Gasteiger partial charge in [-0.2, -0.15) is 0 Å². The van der Waals surface area contributed by atoms with E-state index in [2.05, 4.69) is 79.2 Å². The van der Waals surface area contributed by atoms with E-state index in [-0.39, 0.29) is 0 Å². The lowest BCUT2D eigenvalue weighted by Gasteiger charge is -2.08. The third kappa shape index (κ3) is 3.25. The Morgan fingerprint density at radius 1 is 0.857 bits per heavy atom. The topological polar surface area (TPSA) is 0 Å². The van der Waals surface area contributed by atoms with E-state index >= 15 is 0 Å². The van der Waals surface area contributed by atoms with Gasteiger partial charge in [0.2, 0.25) is 0 Å². The molecule has 0 fully saturated rings. The molecule has 0 atom stereocenters. The van der Waals surface area contributed by atoms with Crippen molar-refractivity contribution < 1.29 is 0 Å². The lowest BCUT2D eigenvalue weighted by Crippen LogP contribution is -1.89. The summed E-state index contributed by atoms with van der Waals surface area (Å²) in [5.41, 5.74) is 5.34. The minimum absolute atomic E-state index is 1.04. The highest BCUT2D eigenvalue weighted by Gasteiger charge is 2.02. The summed E-state index contributed by atoms with van der Waals surface area (Å²) in [6, 6.07) is 22.1. The van der Waals surface area contributed by atoms with Crippen LogP contribution in [-0.2, 0) is 6.42 Å². The minimum atomic E-state index is 1.04. The molecule has 0 N–H and O–H groups in total. The fourth-order valence-corrected chi connectivity index (χ4v) is 3.11. The van der Waals surface area contributed by atoms with E-state index in [0.717, 1.165) is 6.42 Å². The fourth-order valence-electron chi connectivity index (χ4n) is 2.71. The van der Waals surface area contributed by atoms with Crippen LogP contribution in [0.4, 0.5) is 0 Å². The molecule has 0 heterocycles. The Labute approximate surface area is 130 Å². The van der Waals surface area contributed by atoms with Gasteiger partial charge in [-0.15, -0.1) is 0 Å². The van der Waals surface area contributed by atoms with Crippen molar-refractivity contribution in [3.8, 4) is 11.1 Å². The molecule has 0 saturated heterocycles. The first-order valence-corrected chi connectivity index (χ1v) is 8.68. The Hall–Kier alpha value is -1.86. The van der Waals surface area contributed by atoms with Gasteiger partial charge in [0, 0.05) is 0 Å². The van der Waals surface area contributed by atoms with Gasteiger partial charge >= 0.3 is 0 Å². The van der Waals surface area contributed by atoms with Crippen LogP contribution in [-0.4, -0.2) is 11.6 Å². The number of hydrogen-bond donors (Lipinski definition) is 1. The number of rotatable bonds is 3. The van der Waals surface area contributed by atoms with Gasteiger partial charge in [-0.05, 0) is 53.1 Å². The maximum atomic E-state index is 2.32. The quantitative estimate of drug-likeness (QED) is 0.494. The van der Waals surface area contributed by atoms with Crippen LogP contribution in [0, 0.1) is 6.92 Å². The number of benzene rings is 3. The van der Waals surface area contributed by atoms with Crippen LogP contribution >= 0.6 is 11.4 Å². The van der Waals surface area contributed by atoms with Gasteiger partial charge < -0.3 is 0 Å². The molecule has 0 unspecified atom stereocenters. The second kappa shape index (κ2) is 6.28. The molecular formula is C20H20S. The molecule has 0 aliphatic rings. The third-order valence-corrected chi connectivity index (χ3v) is 4.28. The van der Waals surface area contributed by atoms with Gasteiger partial charge in [0.1, 0.15) is 0 Å². The zero-order valence-electron chi connectivity index (χ0n) is 12.5. The average molecular weight is 292 g/mol. The Kier molecular flexibility index (Phi) is 4.21. The molecule has 21 heavy (non-hydrogen) atoms. The zero-order chi connectivity index (χ0) is 14.7. The van der Waals surface area contributed by atoms with Crippen molar-refractivity contribution >= 4 is 27.5 Å². The molecule has 0 saturated carbocycles. The molecule has 0 amide bonds. The largest absolute Gasteiger partial charge is 0.207 e. The summed E-state index contributed by atoms with van der Waals surface area (Å²) >= 11 is 1.34. The van der Waals surface area contributed by atoms with E-state index in [1.54, 1.807) is 0 Å². The van der Waals surface area contributed by atoms with E-state index in [9.17, 15) is 0 Å². The lowest BCUT2D eigenvalue weighted by atomic mass is 9.97. The molecule has 3 aromatic carbocycles. The molecule has 0 aromatic heterocycles. The number of aryl methyl sites for hydroxylation is 1.